The van der Waals surface area contributed by atoms with Crippen molar-refractivity contribution in [1.29, 1.82) is 0 Å². The number of hydrogen-bond donors (Lipinski definition) is 0. The molecule has 0 bridgehead atoms. The minimum atomic E-state index is -0.00833. The first kappa shape index (κ1) is 25.5. The van der Waals surface area contributed by atoms with E-state index < -0.39 is 0 Å². The van der Waals surface area contributed by atoms with E-state index in [0.29, 0.717) is 13.4 Å². The summed E-state index contributed by atoms with van der Waals surface area (Å²) in [6.07, 6.45) is 0. The fourth-order valence-electron chi connectivity index (χ4n) is 2.01. The molecule has 0 aromatic heterocycles. The fourth-order valence-corrected chi connectivity index (χ4v) is 13.5. The molecule has 0 saturated heterocycles. The van der Waals surface area contributed by atoms with Crippen LogP contribution in [0.4, 0.5) is 0 Å². The van der Waals surface area contributed by atoms with Gasteiger partial charge >= 0.3 is 140 Å². The van der Waals surface area contributed by atoms with Gasteiger partial charge in [-0.05, 0) is 0 Å². The van der Waals surface area contributed by atoms with Crippen LogP contribution in [0.5, 0.6) is 0 Å². The van der Waals surface area contributed by atoms with Gasteiger partial charge in [-0.25, -0.2) is 0 Å². The molecule has 0 amide bonds. The van der Waals surface area contributed by atoms with Crippen LogP contribution in [0, 0.1) is 0 Å². The van der Waals surface area contributed by atoms with Crippen molar-refractivity contribution in [1.82, 2.24) is 0 Å². The van der Waals surface area contributed by atoms with Crippen molar-refractivity contribution in [2.75, 3.05) is 0 Å². The summed E-state index contributed by atoms with van der Waals surface area (Å²) < 4.78 is 2.54. The summed E-state index contributed by atoms with van der Waals surface area (Å²) >= 11 is -0.0167. The third-order valence-corrected chi connectivity index (χ3v) is 9.00. The molecular formula is C16H38OSb2. The Morgan fingerprint density at radius 3 is 0.474 bits per heavy atom. The summed E-state index contributed by atoms with van der Waals surface area (Å²) in [6.45, 7) is 28.3. The van der Waals surface area contributed by atoms with Crippen LogP contribution in [0.25, 0.3) is 0 Å². The predicted octanol–water partition coefficient (Wildman–Crippen LogP) is 5.43. The summed E-state index contributed by atoms with van der Waals surface area (Å²) in [6, 6.07) is 0. The van der Waals surface area contributed by atoms with Gasteiger partial charge in [0.15, 0.2) is 0 Å². The minimum Gasteiger partial charge on any atom is -0.412 e. The molecule has 2 radical (unpaired) electrons. The molecule has 0 atom stereocenters. The van der Waals surface area contributed by atoms with E-state index in [0.717, 1.165) is 0 Å². The summed E-state index contributed by atoms with van der Waals surface area (Å²) in [5, 5.41) is 0. The van der Waals surface area contributed by atoms with Crippen LogP contribution in [-0.2, 0) is 0 Å². The molecular weight excluding hydrogens is 452 g/mol. The topological polar surface area (TPSA) is 31.5 Å². The maximum Gasteiger partial charge on any atom is -0.412 e. The van der Waals surface area contributed by atoms with E-state index in [1.165, 1.54) is 0 Å². The molecule has 0 unspecified atom stereocenters. The molecule has 0 aliphatic carbocycles. The molecule has 1 nitrogen and oxygen atoms in total. The monoisotopic (exact) mass is 488 g/mol. The standard InChI is InChI=1S/4C4H9.H2O.2Sb/c4*1-4(2)3;;;/h4*1-3H3;1H2;;. The van der Waals surface area contributed by atoms with E-state index >= 15 is 0 Å². The van der Waals surface area contributed by atoms with Gasteiger partial charge in [0, 0.05) is 0 Å². The van der Waals surface area contributed by atoms with Gasteiger partial charge in [0.05, 0.1) is 0 Å². The Kier molecular flexibility index (Phi) is 12.0. The smallest absolute Gasteiger partial charge is 0.412 e. The zero-order chi connectivity index (χ0) is 15.4. The maximum atomic E-state index is 2.36. The second-order valence-electron chi connectivity index (χ2n) is 8.91. The second-order valence-corrected chi connectivity index (χ2v) is 25.5. The Bertz CT molecular complexity index is 171. The van der Waals surface area contributed by atoms with Crippen LogP contribution >= 0.6 is 0 Å². The third-order valence-electron chi connectivity index (χ3n) is 1.34. The molecule has 2 N–H and O–H groups in total. The van der Waals surface area contributed by atoms with Gasteiger partial charge in [0.1, 0.15) is 0 Å². The quantitative estimate of drug-likeness (QED) is 0.406. The zero-order valence-corrected chi connectivity index (χ0v) is 20.5. The van der Waals surface area contributed by atoms with E-state index in [4.69, 9.17) is 0 Å². The van der Waals surface area contributed by atoms with E-state index in [9.17, 15) is 0 Å². The van der Waals surface area contributed by atoms with Gasteiger partial charge in [0.25, 0.3) is 0 Å². The van der Waals surface area contributed by atoms with Crippen molar-refractivity contribution in [2.24, 2.45) is 0 Å². The Balaban J connectivity index is -0.000000256. The third kappa shape index (κ3) is 32.8. The van der Waals surface area contributed by atoms with Crippen LogP contribution in [0.2, 0.25) is 13.4 Å². The Labute approximate surface area is 144 Å². The van der Waals surface area contributed by atoms with Crippen LogP contribution in [0.15, 0.2) is 0 Å². The van der Waals surface area contributed by atoms with Crippen molar-refractivity contribution < 1.29 is 5.48 Å². The van der Waals surface area contributed by atoms with E-state index in [1.807, 2.05) is 0 Å². The molecule has 0 aromatic rings. The van der Waals surface area contributed by atoms with Crippen molar-refractivity contribution in [2.45, 2.75) is 96.5 Å². The summed E-state index contributed by atoms with van der Waals surface area (Å²) in [5.74, 6) is 0. The Hall–Kier alpha value is 1.60. The summed E-state index contributed by atoms with van der Waals surface area (Å²) in [4.78, 5) is 0. The van der Waals surface area contributed by atoms with E-state index in [-0.39, 0.29) is 48.7 Å². The van der Waals surface area contributed by atoms with Gasteiger partial charge in [-0.1, -0.05) is 0 Å². The van der Waals surface area contributed by atoms with Gasteiger partial charge in [-0.3, -0.25) is 0 Å². The first-order valence-electron chi connectivity index (χ1n) is 6.89. The minimum absolute atomic E-state index is 0. The average Bonchev–Trinajstić information content (AvgIpc) is 1.64. The molecule has 0 aliphatic heterocycles. The summed E-state index contributed by atoms with van der Waals surface area (Å²) in [5.41, 5.74) is 0. The number of rotatable bonds is 0. The Morgan fingerprint density at radius 2 is 0.474 bits per heavy atom. The predicted molar refractivity (Wildman–Crippen MR) is 94.0 cm³/mol. The normalized spacial score (nSPS) is 13.3. The van der Waals surface area contributed by atoms with Crippen molar-refractivity contribution in [3.8, 4) is 0 Å². The van der Waals surface area contributed by atoms with Gasteiger partial charge in [-0.15, -0.1) is 0 Å². The van der Waals surface area contributed by atoms with E-state index in [1.54, 1.807) is 0 Å². The van der Waals surface area contributed by atoms with E-state index in [2.05, 4.69) is 83.1 Å². The molecule has 0 fully saturated rings. The summed E-state index contributed by atoms with van der Waals surface area (Å²) in [7, 11) is 0. The number of hydrogen-bond acceptors (Lipinski definition) is 0. The van der Waals surface area contributed by atoms with Crippen LogP contribution < -0.4 is 0 Å². The molecule has 0 spiro atoms. The first-order chi connectivity index (χ1) is 7.41. The van der Waals surface area contributed by atoms with Crippen molar-refractivity contribution in [3.05, 3.63) is 0 Å². The fraction of sp³-hybridized carbons (Fsp3) is 1.00. The van der Waals surface area contributed by atoms with Gasteiger partial charge in [-0.2, -0.15) is 0 Å². The molecule has 19 heavy (non-hydrogen) atoms. The molecule has 0 aromatic carbocycles. The average molecular weight is 490 g/mol. The zero-order valence-electron chi connectivity index (χ0n) is 15.4. The van der Waals surface area contributed by atoms with Crippen molar-refractivity contribution in [3.63, 3.8) is 0 Å². The van der Waals surface area contributed by atoms with Gasteiger partial charge in [0.2, 0.25) is 0 Å². The van der Waals surface area contributed by atoms with Crippen LogP contribution in [0.3, 0.4) is 0 Å². The molecule has 0 rings (SSSR count). The molecule has 118 valence electrons. The molecule has 0 saturated carbocycles. The molecule has 0 heterocycles. The first-order valence-corrected chi connectivity index (χ1v) is 12.0. The SMILES string of the molecule is C[C](C)(C)[Sb][C](C)(C)C.C[C](C)(C)[Sb][C](C)(C)C.O. The molecule has 3 heteroatoms. The Morgan fingerprint density at radius 1 is 0.368 bits per heavy atom. The van der Waals surface area contributed by atoms with Gasteiger partial charge < -0.3 is 5.48 Å². The molecule has 0 aliphatic rings. The largest absolute Gasteiger partial charge is 0.412 e. The van der Waals surface area contributed by atoms with Crippen LogP contribution in [0.1, 0.15) is 83.1 Å². The van der Waals surface area contributed by atoms with Crippen molar-refractivity contribution >= 4 is 43.2 Å². The van der Waals surface area contributed by atoms with Crippen LogP contribution in [-0.4, -0.2) is 48.7 Å². The second kappa shape index (κ2) is 8.90. The maximum absolute atomic E-state index is 2.36.